The zero-order chi connectivity index (χ0) is 19.9. The van der Waals surface area contributed by atoms with Gasteiger partial charge in [-0.2, -0.15) is 0 Å². The molecule has 4 heteroatoms. The van der Waals surface area contributed by atoms with Crippen LogP contribution in [0.4, 0.5) is 0 Å². The first-order valence-corrected chi connectivity index (χ1v) is 9.91. The molecule has 3 aliphatic rings. The number of allylic oxidation sites excluding steroid dienone is 4. The largest absolute Gasteiger partial charge is 0.457 e. The maximum absolute atomic E-state index is 13.0. The van der Waals surface area contributed by atoms with Crippen LogP contribution < -0.4 is 0 Å². The summed E-state index contributed by atoms with van der Waals surface area (Å²) in [5.74, 6) is -0.367. The summed E-state index contributed by atoms with van der Waals surface area (Å²) >= 11 is 0. The van der Waals surface area contributed by atoms with E-state index >= 15 is 0 Å². The molecule has 28 heavy (non-hydrogen) atoms. The van der Waals surface area contributed by atoms with Crippen molar-refractivity contribution in [2.24, 2.45) is 10.8 Å². The van der Waals surface area contributed by atoms with E-state index in [-0.39, 0.29) is 28.8 Å². The number of carbonyl (C=O) groups excluding carboxylic acids is 2. The van der Waals surface area contributed by atoms with Gasteiger partial charge in [-0.3, -0.25) is 4.79 Å². The van der Waals surface area contributed by atoms with E-state index in [0.29, 0.717) is 6.42 Å². The second-order valence-corrected chi connectivity index (χ2v) is 8.65. The van der Waals surface area contributed by atoms with Gasteiger partial charge in [0, 0.05) is 17.4 Å². The number of fused-ring (bicyclic) bond motifs is 2. The maximum atomic E-state index is 13.0. The maximum Gasteiger partial charge on any atom is 0.337 e. The molecule has 146 valence electrons. The molecular formula is C24H26O4. The molecule has 0 bridgehead atoms. The summed E-state index contributed by atoms with van der Waals surface area (Å²) < 4.78 is 5.53. The van der Waals surface area contributed by atoms with Gasteiger partial charge in [-0.25, -0.2) is 4.79 Å². The van der Waals surface area contributed by atoms with Crippen molar-refractivity contribution in [3.05, 3.63) is 70.8 Å². The highest BCUT2D eigenvalue weighted by atomic mass is 16.5. The summed E-state index contributed by atoms with van der Waals surface area (Å²) in [6.07, 6.45) is 7.62. The molecule has 1 fully saturated rings. The van der Waals surface area contributed by atoms with E-state index in [2.05, 4.69) is 13.8 Å². The van der Waals surface area contributed by atoms with Crippen molar-refractivity contribution in [2.75, 3.05) is 0 Å². The average Bonchev–Trinajstić information content (AvgIpc) is 2.90. The predicted octanol–water partition coefficient (Wildman–Crippen LogP) is 4.05. The number of benzene rings is 1. The fourth-order valence-electron chi connectivity index (χ4n) is 4.64. The highest BCUT2D eigenvalue weighted by Crippen LogP contribution is 2.53. The van der Waals surface area contributed by atoms with Crippen LogP contribution >= 0.6 is 0 Å². The van der Waals surface area contributed by atoms with Gasteiger partial charge in [0.2, 0.25) is 0 Å². The molecule has 1 N–H and O–H groups in total. The second kappa shape index (κ2) is 6.85. The number of ketones is 1. The summed E-state index contributed by atoms with van der Waals surface area (Å²) in [4.78, 5) is 25.5. The second-order valence-electron chi connectivity index (χ2n) is 8.65. The van der Waals surface area contributed by atoms with Gasteiger partial charge in [-0.05, 0) is 35.8 Å². The number of aliphatic hydroxyl groups is 1. The minimum absolute atomic E-state index is 0.150. The lowest BCUT2D eigenvalue weighted by Gasteiger charge is -2.34. The standard InChI is InChI=1S/C24H26O4/c1-23-10-8-19(25)17(23)14-18-21(20(26)9-11-24(18,2)13-12-23)22(27)28-15-16-6-4-3-5-7-16/h3-7,9,11,14,20,26H,8,10,12-13,15H2,1-2H3/t20-,23+,24+/m1/s1. The molecule has 0 aliphatic heterocycles. The third kappa shape index (κ3) is 3.16. The number of hydrogen-bond donors (Lipinski definition) is 1. The lowest BCUT2D eigenvalue weighted by atomic mass is 9.71. The van der Waals surface area contributed by atoms with E-state index in [1.165, 1.54) is 0 Å². The molecule has 0 unspecified atom stereocenters. The molecule has 3 atom stereocenters. The van der Waals surface area contributed by atoms with Gasteiger partial charge >= 0.3 is 5.97 Å². The summed E-state index contributed by atoms with van der Waals surface area (Å²) in [5.41, 5.74) is 2.14. The van der Waals surface area contributed by atoms with Gasteiger partial charge in [0.15, 0.2) is 5.78 Å². The topological polar surface area (TPSA) is 63.6 Å². The van der Waals surface area contributed by atoms with Crippen molar-refractivity contribution in [1.29, 1.82) is 0 Å². The molecule has 1 aromatic rings. The molecule has 4 nitrogen and oxygen atoms in total. The minimum atomic E-state index is -1.02. The monoisotopic (exact) mass is 378 g/mol. The van der Waals surface area contributed by atoms with Crippen molar-refractivity contribution in [2.45, 2.75) is 52.2 Å². The van der Waals surface area contributed by atoms with Gasteiger partial charge in [0.05, 0.1) is 5.57 Å². The van der Waals surface area contributed by atoms with Crippen LogP contribution in [0, 0.1) is 10.8 Å². The molecule has 1 aromatic carbocycles. The zero-order valence-corrected chi connectivity index (χ0v) is 16.4. The van der Waals surface area contributed by atoms with Gasteiger partial charge in [-0.15, -0.1) is 0 Å². The van der Waals surface area contributed by atoms with Gasteiger partial charge < -0.3 is 9.84 Å². The Balaban J connectivity index is 1.73. The first-order chi connectivity index (χ1) is 13.3. The van der Waals surface area contributed by atoms with Crippen LogP contribution in [0.2, 0.25) is 0 Å². The first-order valence-electron chi connectivity index (χ1n) is 9.91. The number of hydrogen-bond acceptors (Lipinski definition) is 4. The van der Waals surface area contributed by atoms with Gasteiger partial charge in [0.1, 0.15) is 12.7 Å². The molecule has 3 aliphatic carbocycles. The molecule has 0 spiro atoms. The Morgan fingerprint density at radius 3 is 2.68 bits per heavy atom. The average molecular weight is 378 g/mol. The van der Waals surface area contributed by atoms with E-state index in [9.17, 15) is 14.7 Å². The van der Waals surface area contributed by atoms with Crippen LogP contribution in [-0.4, -0.2) is 23.0 Å². The lowest BCUT2D eigenvalue weighted by Crippen LogP contribution is -2.30. The normalized spacial score (nSPS) is 31.8. The Bertz CT molecular complexity index is 908. The van der Waals surface area contributed by atoms with E-state index in [0.717, 1.165) is 36.0 Å². The van der Waals surface area contributed by atoms with E-state index in [1.54, 1.807) is 6.08 Å². The number of Topliss-reactive ketones (excluding diaryl/α,β-unsaturated/α-hetero) is 1. The van der Waals surface area contributed by atoms with Crippen LogP contribution in [0.1, 0.15) is 45.1 Å². The Morgan fingerprint density at radius 1 is 1.18 bits per heavy atom. The molecule has 0 amide bonds. The summed E-state index contributed by atoms with van der Waals surface area (Å²) in [6.45, 7) is 4.36. The van der Waals surface area contributed by atoms with E-state index in [4.69, 9.17) is 4.74 Å². The third-order valence-corrected chi connectivity index (χ3v) is 6.62. The SMILES string of the molecule is C[C@@]12CCC(=O)C1=CC1=C(C(=O)OCc3ccccc3)[C@H](O)C=C[C@@]1(C)CC2. The number of esters is 1. The number of aliphatic hydroxyl groups excluding tert-OH is 1. The quantitative estimate of drug-likeness (QED) is 0.637. The van der Waals surface area contributed by atoms with Crippen molar-refractivity contribution in [1.82, 2.24) is 0 Å². The Hall–Kier alpha value is -2.46. The molecular weight excluding hydrogens is 352 g/mol. The first kappa shape index (κ1) is 18.9. The fourth-order valence-corrected chi connectivity index (χ4v) is 4.64. The van der Waals surface area contributed by atoms with Crippen LogP contribution in [0.25, 0.3) is 0 Å². The number of ether oxygens (including phenoxy) is 1. The van der Waals surface area contributed by atoms with Crippen LogP contribution in [0.3, 0.4) is 0 Å². The smallest absolute Gasteiger partial charge is 0.337 e. The lowest BCUT2D eigenvalue weighted by molar-refractivity contribution is -0.141. The molecule has 4 rings (SSSR count). The van der Waals surface area contributed by atoms with E-state index < -0.39 is 12.1 Å². The minimum Gasteiger partial charge on any atom is -0.457 e. The van der Waals surface area contributed by atoms with Gasteiger partial charge in [-0.1, -0.05) is 62.4 Å². The Labute approximate surface area is 165 Å². The van der Waals surface area contributed by atoms with E-state index in [1.807, 2.05) is 42.5 Å². The number of carbonyl (C=O) groups is 2. The van der Waals surface area contributed by atoms with Crippen LogP contribution in [0.5, 0.6) is 0 Å². The highest BCUT2D eigenvalue weighted by molar-refractivity contribution is 6.00. The third-order valence-electron chi connectivity index (χ3n) is 6.62. The molecule has 0 saturated heterocycles. The van der Waals surface area contributed by atoms with Crippen molar-refractivity contribution in [3.8, 4) is 0 Å². The van der Waals surface area contributed by atoms with Crippen molar-refractivity contribution in [3.63, 3.8) is 0 Å². The Kier molecular flexibility index (Phi) is 4.62. The van der Waals surface area contributed by atoms with Crippen LogP contribution in [0.15, 0.2) is 65.3 Å². The van der Waals surface area contributed by atoms with Crippen molar-refractivity contribution >= 4 is 11.8 Å². The van der Waals surface area contributed by atoms with Crippen molar-refractivity contribution < 1.29 is 19.4 Å². The molecule has 1 saturated carbocycles. The Morgan fingerprint density at radius 2 is 1.93 bits per heavy atom. The van der Waals surface area contributed by atoms with Gasteiger partial charge in [0.25, 0.3) is 0 Å². The summed E-state index contributed by atoms with van der Waals surface area (Å²) in [6, 6.07) is 9.47. The number of rotatable bonds is 3. The predicted molar refractivity (Wildman–Crippen MR) is 106 cm³/mol. The molecule has 0 heterocycles. The molecule has 0 aromatic heterocycles. The molecule has 0 radical (unpaired) electrons. The highest BCUT2D eigenvalue weighted by Gasteiger charge is 2.46. The zero-order valence-electron chi connectivity index (χ0n) is 16.4. The summed E-state index contributed by atoms with van der Waals surface area (Å²) in [5, 5.41) is 10.6. The fraction of sp³-hybridized carbons (Fsp3) is 0.417. The summed E-state index contributed by atoms with van der Waals surface area (Å²) in [7, 11) is 0. The van der Waals surface area contributed by atoms with Crippen LogP contribution in [-0.2, 0) is 20.9 Å².